The molecule has 0 aliphatic carbocycles. The molecule has 2 N–H and O–H groups in total. The van der Waals surface area contributed by atoms with Gasteiger partial charge in [-0.2, -0.15) is 0 Å². The summed E-state index contributed by atoms with van der Waals surface area (Å²) < 4.78 is 0. The SMILES string of the molecule is CC[C@H](C)CC(CC(C)C)CN1CCc2cc(C(=O)NO)cnc2C1. The highest BCUT2D eigenvalue weighted by molar-refractivity contribution is 5.93. The highest BCUT2D eigenvalue weighted by Gasteiger charge is 2.23. The molecule has 1 aromatic rings. The average molecular weight is 348 g/mol. The van der Waals surface area contributed by atoms with E-state index in [9.17, 15) is 4.79 Å². The quantitative estimate of drug-likeness (QED) is 0.556. The summed E-state index contributed by atoms with van der Waals surface area (Å²) in [7, 11) is 0. The van der Waals surface area contributed by atoms with E-state index in [1.807, 2.05) is 6.07 Å². The molecule has 2 rings (SSSR count). The van der Waals surface area contributed by atoms with Gasteiger partial charge in [0.15, 0.2) is 0 Å². The van der Waals surface area contributed by atoms with Crippen LogP contribution in [0.1, 0.15) is 68.6 Å². The number of rotatable bonds is 8. The van der Waals surface area contributed by atoms with Crippen molar-refractivity contribution in [1.82, 2.24) is 15.4 Å². The van der Waals surface area contributed by atoms with Gasteiger partial charge in [0.05, 0.1) is 11.3 Å². The van der Waals surface area contributed by atoms with Gasteiger partial charge >= 0.3 is 0 Å². The van der Waals surface area contributed by atoms with E-state index in [4.69, 9.17) is 5.21 Å². The fourth-order valence-electron chi connectivity index (χ4n) is 3.82. The summed E-state index contributed by atoms with van der Waals surface area (Å²) in [5.41, 5.74) is 4.28. The van der Waals surface area contributed by atoms with Gasteiger partial charge in [-0.15, -0.1) is 0 Å². The topological polar surface area (TPSA) is 65.5 Å². The van der Waals surface area contributed by atoms with Crippen LogP contribution in [0.15, 0.2) is 12.3 Å². The number of pyridine rings is 1. The normalized spacial score (nSPS) is 17.2. The van der Waals surface area contributed by atoms with E-state index in [1.165, 1.54) is 19.3 Å². The van der Waals surface area contributed by atoms with E-state index in [1.54, 1.807) is 11.7 Å². The lowest BCUT2D eigenvalue weighted by Gasteiger charge is -2.33. The molecule has 0 saturated carbocycles. The Bertz CT molecular complexity index is 574. The summed E-state index contributed by atoms with van der Waals surface area (Å²) >= 11 is 0. The van der Waals surface area contributed by atoms with Crippen LogP contribution >= 0.6 is 0 Å². The molecule has 0 radical (unpaired) electrons. The fraction of sp³-hybridized carbons (Fsp3) is 0.700. The maximum absolute atomic E-state index is 11.5. The van der Waals surface area contributed by atoms with Crippen molar-refractivity contribution >= 4 is 5.91 Å². The lowest BCUT2D eigenvalue weighted by Crippen LogP contribution is -2.36. The van der Waals surface area contributed by atoms with Crippen molar-refractivity contribution in [3.8, 4) is 0 Å². The Morgan fingerprint density at radius 2 is 2.12 bits per heavy atom. The molecular formula is C20H33N3O2. The molecule has 1 unspecified atom stereocenters. The van der Waals surface area contributed by atoms with Crippen molar-refractivity contribution < 1.29 is 10.0 Å². The molecule has 2 heterocycles. The highest BCUT2D eigenvalue weighted by Crippen LogP contribution is 2.25. The summed E-state index contributed by atoms with van der Waals surface area (Å²) in [5.74, 6) is 1.74. The summed E-state index contributed by atoms with van der Waals surface area (Å²) in [6, 6.07) is 1.86. The number of carbonyl (C=O) groups is 1. The second-order valence-corrected chi connectivity index (χ2v) is 8.00. The number of nitrogens with one attached hydrogen (secondary N) is 1. The van der Waals surface area contributed by atoms with Gasteiger partial charge in [0.1, 0.15) is 0 Å². The molecule has 1 aromatic heterocycles. The number of hydrogen-bond acceptors (Lipinski definition) is 4. The zero-order valence-corrected chi connectivity index (χ0v) is 16.1. The minimum absolute atomic E-state index is 0.421. The molecule has 0 spiro atoms. The molecule has 5 heteroatoms. The molecule has 2 atom stereocenters. The first-order valence-electron chi connectivity index (χ1n) is 9.57. The Labute approximate surface area is 151 Å². The van der Waals surface area contributed by atoms with Gasteiger partial charge < -0.3 is 0 Å². The molecule has 1 aliphatic heterocycles. The molecule has 0 fully saturated rings. The lowest BCUT2D eigenvalue weighted by atomic mass is 9.87. The number of hydroxylamine groups is 1. The Morgan fingerprint density at radius 1 is 1.36 bits per heavy atom. The smallest absolute Gasteiger partial charge is 0.276 e. The molecule has 1 aliphatic rings. The molecule has 0 bridgehead atoms. The van der Waals surface area contributed by atoms with Crippen LogP contribution in [-0.2, 0) is 13.0 Å². The number of nitrogens with zero attached hydrogens (tertiary/aromatic N) is 2. The number of carbonyl (C=O) groups excluding carboxylic acids is 1. The first-order chi connectivity index (χ1) is 11.9. The van der Waals surface area contributed by atoms with E-state index in [0.29, 0.717) is 5.56 Å². The van der Waals surface area contributed by atoms with Gasteiger partial charge in [0.2, 0.25) is 0 Å². The van der Waals surface area contributed by atoms with Crippen molar-refractivity contribution in [2.45, 2.75) is 59.9 Å². The number of aromatic nitrogens is 1. The number of amides is 1. The first kappa shape index (κ1) is 19.9. The highest BCUT2D eigenvalue weighted by atomic mass is 16.5. The van der Waals surface area contributed by atoms with Crippen molar-refractivity contribution in [1.29, 1.82) is 0 Å². The second kappa shape index (κ2) is 9.30. The van der Waals surface area contributed by atoms with Gasteiger partial charge in [-0.1, -0.05) is 34.1 Å². The van der Waals surface area contributed by atoms with Gasteiger partial charge in [0, 0.05) is 25.8 Å². The van der Waals surface area contributed by atoms with E-state index in [-0.39, 0.29) is 0 Å². The molecule has 140 valence electrons. The molecular weight excluding hydrogens is 314 g/mol. The van der Waals surface area contributed by atoms with Crippen LogP contribution in [-0.4, -0.2) is 34.1 Å². The fourth-order valence-corrected chi connectivity index (χ4v) is 3.82. The maximum atomic E-state index is 11.5. The largest absolute Gasteiger partial charge is 0.297 e. The zero-order chi connectivity index (χ0) is 18.4. The molecule has 25 heavy (non-hydrogen) atoms. The molecule has 1 amide bonds. The van der Waals surface area contributed by atoms with Crippen LogP contribution < -0.4 is 5.48 Å². The van der Waals surface area contributed by atoms with Crippen molar-refractivity contribution in [3.63, 3.8) is 0 Å². The minimum atomic E-state index is -0.497. The monoisotopic (exact) mass is 347 g/mol. The predicted molar refractivity (Wildman–Crippen MR) is 99.5 cm³/mol. The third-order valence-corrected chi connectivity index (χ3v) is 5.25. The van der Waals surface area contributed by atoms with Crippen LogP contribution in [0.25, 0.3) is 0 Å². The molecule has 0 aromatic carbocycles. The summed E-state index contributed by atoms with van der Waals surface area (Å²) in [6.07, 6.45) is 6.28. The number of fused-ring (bicyclic) bond motifs is 1. The van der Waals surface area contributed by atoms with Crippen LogP contribution in [0.4, 0.5) is 0 Å². The third-order valence-electron chi connectivity index (χ3n) is 5.25. The summed E-state index contributed by atoms with van der Waals surface area (Å²) in [5, 5.41) is 8.76. The van der Waals surface area contributed by atoms with E-state index in [2.05, 4.69) is 37.6 Å². The lowest BCUT2D eigenvalue weighted by molar-refractivity contribution is 0.0705. The summed E-state index contributed by atoms with van der Waals surface area (Å²) in [6.45, 7) is 12.2. The van der Waals surface area contributed by atoms with Gasteiger partial charge in [-0.25, -0.2) is 5.48 Å². The summed E-state index contributed by atoms with van der Waals surface area (Å²) in [4.78, 5) is 18.5. The predicted octanol–water partition coefficient (Wildman–Crippen LogP) is 3.66. The Kier molecular flexibility index (Phi) is 7.38. The Hall–Kier alpha value is -1.46. The second-order valence-electron chi connectivity index (χ2n) is 8.00. The van der Waals surface area contributed by atoms with E-state index < -0.39 is 5.91 Å². The van der Waals surface area contributed by atoms with Crippen LogP contribution in [0.5, 0.6) is 0 Å². The molecule has 5 nitrogen and oxygen atoms in total. The van der Waals surface area contributed by atoms with Crippen molar-refractivity contribution in [3.05, 3.63) is 29.1 Å². The van der Waals surface area contributed by atoms with Crippen molar-refractivity contribution in [2.75, 3.05) is 13.1 Å². The maximum Gasteiger partial charge on any atom is 0.276 e. The van der Waals surface area contributed by atoms with Crippen LogP contribution in [0.2, 0.25) is 0 Å². The van der Waals surface area contributed by atoms with Gasteiger partial charge in [-0.3, -0.25) is 19.9 Å². The standard InChI is InChI=1S/C20H33N3O2/c1-5-15(4)9-16(8-14(2)3)12-23-7-6-17-10-18(20(24)22-25)11-21-19(17)13-23/h10-11,14-16,25H,5-9,12-13H2,1-4H3,(H,22,24)/t15-,16?/m0/s1. The number of hydrogen-bond donors (Lipinski definition) is 2. The van der Waals surface area contributed by atoms with Gasteiger partial charge in [-0.05, 0) is 48.6 Å². The third kappa shape index (κ3) is 5.79. The van der Waals surface area contributed by atoms with Crippen LogP contribution in [0.3, 0.4) is 0 Å². The minimum Gasteiger partial charge on any atom is -0.297 e. The van der Waals surface area contributed by atoms with Crippen molar-refractivity contribution in [2.24, 2.45) is 17.8 Å². The molecule has 0 saturated heterocycles. The Balaban J connectivity index is 2.01. The zero-order valence-electron chi connectivity index (χ0n) is 16.1. The first-order valence-corrected chi connectivity index (χ1v) is 9.57. The van der Waals surface area contributed by atoms with Crippen LogP contribution in [0, 0.1) is 17.8 Å². The van der Waals surface area contributed by atoms with E-state index in [0.717, 1.165) is 55.1 Å². The van der Waals surface area contributed by atoms with E-state index >= 15 is 0 Å². The average Bonchev–Trinajstić information content (AvgIpc) is 2.59. The Morgan fingerprint density at radius 3 is 2.76 bits per heavy atom. The van der Waals surface area contributed by atoms with Gasteiger partial charge in [0.25, 0.3) is 5.91 Å².